The summed E-state index contributed by atoms with van der Waals surface area (Å²) in [5.41, 5.74) is 0. The Morgan fingerprint density at radius 2 is 2.12 bits per heavy atom. The molecule has 1 aromatic carbocycles. The van der Waals surface area contributed by atoms with Crippen molar-refractivity contribution in [3.63, 3.8) is 0 Å². The van der Waals surface area contributed by atoms with Gasteiger partial charge >= 0.3 is 0 Å². The van der Waals surface area contributed by atoms with Gasteiger partial charge in [-0.2, -0.15) is 0 Å². The Balaban J connectivity index is 2.73. The van der Waals surface area contributed by atoms with E-state index in [0.717, 1.165) is 0 Å². The van der Waals surface area contributed by atoms with E-state index >= 15 is 0 Å². The van der Waals surface area contributed by atoms with E-state index in [1.54, 1.807) is 27.1 Å². The first-order valence-corrected chi connectivity index (χ1v) is 5.54. The summed E-state index contributed by atoms with van der Waals surface area (Å²) in [5, 5.41) is 0. The summed E-state index contributed by atoms with van der Waals surface area (Å²) in [5.74, 6) is -0.242. The number of carbonyl (C=O) groups is 1. The van der Waals surface area contributed by atoms with Gasteiger partial charge in [0, 0.05) is 20.2 Å². The summed E-state index contributed by atoms with van der Waals surface area (Å²) in [7, 11) is 3.29. The van der Waals surface area contributed by atoms with Crippen molar-refractivity contribution in [1.82, 2.24) is 4.90 Å². The Kier molecular flexibility index (Phi) is 4.29. The summed E-state index contributed by atoms with van der Waals surface area (Å²) in [6.45, 7) is 1.63. The second kappa shape index (κ2) is 5.30. The molecule has 0 aromatic heterocycles. The van der Waals surface area contributed by atoms with Gasteiger partial charge < -0.3 is 9.64 Å². The highest BCUT2D eigenvalue weighted by Gasteiger charge is 2.16. The van der Waals surface area contributed by atoms with Gasteiger partial charge in [-0.05, 0) is 35.0 Å². The zero-order valence-electron chi connectivity index (χ0n) is 9.33. The van der Waals surface area contributed by atoms with Crippen LogP contribution in [-0.4, -0.2) is 31.0 Å². The largest absolute Gasteiger partial charge is 0.481 e. The molecule has 16 heavy (non-hydrogen) atoms. The lowest BCUT2D eigenvalue weighted by Crippen LogP contribution is -2.35. The molecular weight excluding hydrogens is 277 g/mol. The van der Waals surface area contributed by atoms with Gasteiger partial charge in [-0.15, -0.1) is 0 Å². The molecule has 0 aliphatic carbocycles. The number of hydrogen-bond donors (Lipinski definition) is 0. The predicted molar refractivity (Wildman–Crippen MR) is 62.9 cm³/mol. The second-order valence-corrected chi connectivity index (χ2v) is 4.42. The molecule has 1 unspecified atom stereocenters. The molecule has 0 spiro atoms. The average Bonchev–Trinajstić information content (AvgIpc) is 2.22. The molecule has 0 bridgehead atoms. The molecule has 0 aliphatic rings. The number of hydrogen-bond acceptors (Lipinski definition) is 2. The van der Waals surface area contributed by atoms with E-state index in [1.165, 1.54) is 17.0 Å². The van der Waals surface area contributed by atoms with Crippen molar-refractivity contribution in [2.24, 2.45) is 0 Å². The van der Waals surface area contributed by atoms with E-state index in [2.05, 4.69) is 15.9 Å². The van der Waals surface area contributed by atoms with Gasteiger partial charge in [-0.3, -0.25) is 4.79 Å². The Morgan fingerprint density at radius 3 is 2.62 bits per heavy atom. The quantitative estimate of drug-likeness (QED) is 0.855. The van der Waals surface area contributed by atoms with Gasteiger partial charge in [0.05, 0.1) is 4.47 Å². The summed E-state index contributed by atoms with van der Waals surface area (Å²) in [6.07, 6.45) is -0.629. The van der Waals surface area contributed by atoms with Crippen LogP contribution < -0.4 is 4.74 Å². The molecule has 0 heterocycles. The van der Waals surface area contributed by atoms with Crippen LogP contribution in [0.5, 0.6) is 5.75 Å². The molecule has 0 N–H and O–H groups in total. The minimum absolute atomic E-state index is 0.164. The number of amides is 1. The summed E-state index contributed by atoms with van der Waals surface area (Å²) >= 11 is 3.04. The summed E-state index contributed by atoms with van der Waals surface area (Å²) in [4.78, 5) is 12.9. The number of ether oxygens (including phenoxy) is 1. The SMILES string of the molecule is CC(Oc1ccc(Br)c(F)c1)C(=O)N(C)C. The first kappa shape index (κ1) is 13.0. The van der Waals surface area contributed by atoms with Crippen molar-refractivity contribution in [2.45, 2.75) is 13.0 Å². The molecule has 5 heteroatoms. The van der Waals surface area contributed by atoms with Gasteiger partial charge in [0.1, 0.15) is 11.6 Å². The third kappa shape index (κ3) is 3.20. The van der Waals surface area contributed by atoms with Gasteiger partial charge in [-0.1, -0.05) is 0 Å². The van der Waals surface area contributed by atoms with E-state index in [1.807, 2.05) is 0 Å². The lowest BCUT2D eigenvalue weighted by atomic mass is 10.3. The van der Waals surface area contributed by atoms with Crippen molar-refractivity contribution in [2.75, 3.05) is 14.1 Å². The lowest BCUT2D eigenvalue weighted by Gasteiger charge is -2.18. The van der Waals surface area contributed by atoms with Gasteiger partial charge in [0.2, 0.25) is 0 Å². The van der Waals surface area contributed by atoms with Crippen molar-refractivity contribution < 1.29 is 13.9 Å². The van der Waals surface area contributed by atoms with Crippen LogP contribution in [0.1, 0.15) is 6.92 Å². The Bertz CT molecular complexity index is 396. The first-order valence-electron chi connectivity index (χ1n) is 4.74. The number of benzene rings is 1. The third-order valence-corrected chi connectivity index (χ3v) is 2.64. The zero-order valence-corrected chi connectivity index (χ0v) is 10.9. The molecule has 1 amide bonds. The average molecular weight is 290 g/mol. The highest BCUT2D eigenvalue weighted by atomic mass is 79.9. The van der Waals surface area contributed by atoms with E-state index in [-0.39, 0.29) is 5.91 Å². The van der Waals surface area contributed by atoms with E-state index < -0.39 is 11.9 Å². The van der Waals surface area contributed by atoms with E-state index in [9.17, 15) is 9.18 Å². The Morgan fingerprint density at radius 1 is 1.50 bits per heavy atom. The lowest BCUT2D eigenvalue weighted by molar-refractivity contribution is -0.135. The fraction of sp³-hybridized carbons (Fsp3) is 0.364. The van der Waals surface area contributed by atoms with Crippen LogP contribution >= 0.6 is 15.9 Å². The molecule has 1 atom stereocenters. The fourth-order valence-electron chi connectivity index (χ4n) is 1.17. The smallest absolute Gasteiger partial charge is 0.262 e. The number of carbonyl (C=O) groups excluding carboxylic acids is 1. The minimum atomic E-state index is -0.629. The second-order valence-electron chi connectivity index (χ2n) is 3.57. The van der Waals surface area contributed by atoms with E-state index in [4.69, 9.17) is 4.74 Å². The van der Waals surface area contributed by atoms with Crippen LogP contribution in [0, 0.1) is 5.82 Å². The topological polar surface area (TPSA) is 29.5 Å². The number of nitrogens with zero attached hydrogens (tertiary/aromatic N) is 1. The van der Waals surface area contributed by atoms with E-state index in [0.29, 0.717) is 10.2 Å². The molecule has 0 aliphatic heterocycles. The molecule has 3 nitrogen and oxygen atoms in total. The number of rotatable bonds is 3. The monoisotopic (exact) mass is 289 g/mol. The molecule has 1 rings (SSSR count). The van der Waals surface area contributed by atoms with Gasteiger partial charge in [-0.25, -0.2) is 4.39 Å². The standard InChI is InChI=1S/C11H13BrFNO2/c1-7(11(15)14(2)3)16-8-4-5-9(12)10(13)6-8/h4-7H,1-3H3. The van der Waals surface area contributed by atoms with Crippen LogP contribution in [0.2, 0.25) is 0 Å². The molecule has 0 radical (unpaired) electrons. The normalized spacial score (nSPS) is 12.1. The van der Waals surface area contributed by atoms with Crippen LogP contribution in [0.15, 0.2) is 22.7 Å². The number of halogens is 2. The molecular formula is C11H13BrFNO2. The molecule has 1 aromatic rings. The van der Waals surface area contributed by atoms with Crippen molar-refractivity contribution >= 4 is 21.8 Å². The first-order chi connectivity index (χ1) is 7.41. The highest BCUT2D eigenvalue weighted by Crippen LogP contribution is 2.21. The molecule has 0 fully saturated rings. The van der Waals surface area contributed by atoms with Crippen LogP contribution in [0.4, 0.5) is 4.39 Å². The van der Waals surface area contributed by atoms with Gasteiger partial charge in [0.15, 0.2) is 6.10 Å². The fourth-order valence-corrected chi connectivity index (χ4v) is 1.41. The van der Waals surface area contributed by atoms with Crippen molar-refractivity contribution in [3.05, 3.63) is 28.5 Å². The van der Waals surface area contributed by atoms with Gasteiger partial charge in [0.25, 0.3) is 5.91 Å². The summed E-state index contributed by atoms with van der Waals surface area (Å²) in [6, 6.07) is 4.38. The molecule has 0 saturated heterocycles. The third-order valence-electron chi connectivity index (χ3n) is 1.99. The predicted octanol–water partition coefficient (Wildman–Crippen LogP) is 2.44. The van der Waals surface area contributed by atoms with Crippen LogP contribution in [0.25, 0.3) is 0 Å². The highest BCUT2D eigenvalue weighted by molar-refractivity contribution is 9.10. The zero-order chi connectivity index (χ0) is 12.3. The number of likely N-dealkylation sites (N-methyl/N-ethyl adjacent to an activating group) is 1. The maximum Gasteiger partial charge on any atom is 0.262 e. The molecule has 0 saturated carbocycles. The maximum absolute atomic E-state index is 13.2. The van der Waals surface area contributed by atoms with Crippen molar-refractivity contribution in [1.29, 1.82) is 0 Å². The molecule has 88 valence electrons. The maximum atomic E-state index is 13.2. The van der Waals surface area contributed by atoms with Crippen molar-refractivity contribution in [3.8, 4) is 5.75 Å². The van der Waals surface area contributed by atoms with Crippen LogP contribution in [-0.2, 0) is 4.79 Å². The minimum Gasteiger partial charge on any atom is -0.481 e. The van der Waals surface area contributed by atoms with Crippen LogP contribution in [0.3, 0.4) is 0 Å². The Hall–Kier alpha value is -1.10. The summed E-state index contributed by atoms with van der Waals surface area (Å²) < 4.78 is 18.9. The Labute approximate surface area is 102 Å².